The lowest BCUT2D eigenvalue weighted by Gasteiger charge is -2.42. The monoisotopic (exact) mass is 670 g/mol. The van der Waals surface area contributed by atoms with Gasteiger partial charge in [0.25, 0.3) is 0 Å². The van der Waals surface area contributed by atoms with Crippen LogP contribution in [0, 0.1) is 11.8 Å². The minimum absolute atomic E-state index is 0.450. The third-order valence-electron chi connectivity index (χ3n) is 10.8. The Balaban J connectivity index is 0.000000157. The number of anilines is 2. The molecule has 2 aromatic carbocycles. The number of likely N-dealkylation sites (tertiary alicyclic amines) is 2. The van der Waals surface area contributed by atoms with Gasteiger partial charge in [-0.2, -0.15) is 0 Å². The van der Waals surface area contributed by atoms with Crippen molar-refractivity contribution < 1.29 is 0 Å². The predicted octanol–water partition coefficient (Wildman–Crippen LogP) is 6.61. The molecule has 2 aliphatic heterocycles. The third kappa shape index (κ3) is 7.51. The van der Waals surface area contributed by atoms with Gasteiger partial charge in [0.2, 0.25) is 0 Å². The van der Waals surface area contributed by atoms with Gasteiger partial charge in [0.15, 0.2) is 0 Å². The molecule has 8 rings (SSSR count). The predicted molar refractivity (Wildman–Crippen MR) is 203 cm³/mol. The van der Waals surface area contributed by atoms with Crippen LogP contribution in [0.3, 0.4) is 0 Å². The zero-order valence-corrected chi connectivity index (χ0v) is 29.8. The van der Waals surface area contributed by atoms with Crippen LogP contribution in [0.4, 0.5) is 11.6 Å². The number of rotatable bonds is 8. The number of hydrogen-bond acceptors (Lipinski definition) is 8. The number of nitrogens with one attached hydrogen (secondary N) is 2. The van der Waals surface area contributed by atoms with Crippen molar-refractivity contribution in [2.24, 2.45) is 11.8 Å². The lowest BCUT2D eigenvalue weighted by molar-refractivity contribution is 0.159. The summed E-state index contributed by atoms with van der Waals surface area (Å²) in [6.45, 7) is 11.2. The first kappa shape index (κ1) is 33.7. The van der Waals surface area contributed by atoms with E-state index >= 15 is 0 Å². The molecule has 2 unspecified atom stereocenters. The van der Waals surface area contributed by atoms with Gasteiger partial charge in [0.05, 0.1) is 10.8 Å². The summed E-state index contributed by atoms with van der Waals surface area (Å²) in [5.74, 6) is 3.32. The Bertz CT molecular complexity index is 1800. The molecule has 2 saturated heterocycles. The van der Waals surface area contributed by atoms with E-state index in [0.717, 1.165) is 73.0 Å². The van der Waals surface area contributed by atoms with Crippen LogP contribution in [-0.2, 0) is 13.1 Å². The summed E-state index contributed by atoms with van der Waals surface area (Å²) >= 11 is 0. The highest BCUT2D eigenvalue weighted by Crippen LogP contribution is 2.30. The van der Waals surface area contributed by atoms with Crippen LogP contribution in [0.25, 0.3) is 22.1 Å². The van der Waals surface area contributed by atoms with E-state index in [1.807, 2.05) is 12.4 Å². The molecule has 0 saturated carbocycles. The molecule has 260 valence electrons. The Morgan fingerprint density at radius 2 is 1.02 bits per heavy atom. The van der Waals surface area contributed by atoms with Crippen LogP contribution in [-0.4, -0.2) is 92.1 Å². The van der Waals surface area contributed by atoms with E-state index in [4.69, 9.17) is 0 Å². The van der Waals surface area contributed by atoms with Gasteiger partial charge >= 0.3 is 0 Å². The second-order valence-electron chi connectivity index (χ2n) is 14.2. The van der Waals surface area contributed by atoms with Crippen molar-refractivity contribution >= 4 is 33.7 Å². The summed E-state index contributed by atoms with van der Waals surface area (Å²) in [5.41, 5.74) is 4.57. The summed E-state index contributed by atoms with van der Waals surface area (Å²) in [5, 5.41) is 2.19. The highest BCUT2D eigenvalue weighted by Gasteiger charge is 2.32. The molecule has 0 bridgehead atoms. The third-order valence-corrected chi connectivity index (χ3v) is 10.8. The normalized spacial score (nSPS) is 21.5. The molecule has 6 heterocycles. The number of aromatic nitrogens is 6. The second kappa shape index (κ2) is 15.4. The average molecular weight is 671 g/mol. The fourth-order valence-corrected chi connectivity index (χ4v) is 7.80. The minimum atomic E-state index is 0.450. The molecule has 6 aromatic rings. The first-order chi connectivity index (χ1) is 24.4. The lowest BCUT2D eigenvalue weighted by Crippen LogP contribution is -2.50. The molecule has 10 heteroatoms. The smallest absolute Gasteiger partial charge is 0.142 e. The molecule has 0 radical (unpaired) electrons. The van der Waals surface area contributed by atoms with Crippen molar-refractivity contribution in [3.05, 3.63) is 109 Å². The Labute approximate surface area is 295 Å². The molecule has 0 amide bonds. The number of aromatic amines is 2. The molecule has 2 fully saturated rings. The van der Waals surface area contributed by atoms with Gasteiger partial charge in [-0.15, -0.1) is 0 Å². The number of hydrogen-bond donors (Lipinski definition) is 2. The highest BCUT2D eigenvalue weighted by atomic mass is 15.3. The molecule has 4 aromatic heterocycles. The van der Waals surface area contributed by atoms with Crippen molar-refractivity contribution in [1.29, 1.82) is 0 Å². The summed E-state index contributed by atoms with van der Waals surface area (Å²) in [6.07, 6.45) is 9.59. The summed E-state index contributed by atoms with van der Waals surface area (Å²) in [6, 6.07) is 26.5. The largest absolute Gasteiger partial charge is 0.354 e. The van der Waals surface area contributed by atoms with Crippen LogP contribution < -0.4 is 9.80 Å². The van der Waals surface area contributed by atoms with E-state index in [1.165, 1.54) is 24.0 Å². The molecule has 4 atom stereocenters. The Hall–Kier alpha value is -4.80. The first-order valence-electron chi connectivity index (χ1n) is 18.0. The SMILES string of the molecule is CC1CCN(Cc2ccccc2)CC1N(C)c1ncnc2[nH]ccc12.C[C@@H]1CCN(Cc2ccccc2)C[C@@H]1N(C)c1ncnc2[nH]ccc12. The van der Waals surface area contributed by atoms with Crippen molar-refractivity contribution in [2.75, 3.05) is 50.1 Å². The lowest BCUT2D eigenvalue weighted by atomic mass is 9.92. The fourth-order valence-electron chi connectivity index (χ4n) is 7.80. The minimum Gasteiger partial charge on any atom is -0.354 e. The van der Waals surface area contributed by atoms with Crippen LogP contribution in [0.15, 0.2) is 97.8 Å². The van der Waals surface area contributed by atoms with Crippen molar-refractivity contribution in [1.82, 2.24) is 39.7 Å². The van der Waals surface area contributed by atoms with E-state index in [-0.39, 0.29) is 0 Å². The number of nitrogens with zero attached hydrogens (tertiary/aromatic N) is 8. The number of H-pyrrole nitrogens is 2. The van der Waals surface area contributed by atoms with E-state index in [2.05, 4.69) is 150 Å². The van der Waals surface area contributed by atoms with Gasteiger partial charge < -0.3 is 19.8 Å². The number of piperidine rings is 2. The number of likely N-dealkylation sites (N-methyl/N-ethyl adjacent to an activating group) is 2. The van der Waals surface area contributed by atoms with E-state index in [1.54, 1.807) is 12.7 Å². The summed E-state index contributed by atoms with van der Waals surface area (Å²) < 4.78 is 0. The van der Waals surface area contributed by atoms with Crippen LogP contribution >= 0.6 is 0 Å². The zero-order chi connectivity index (χ0) is 34.5. The standard InChI is InChI=1S/2C20H25N5/c2*1-15-9-11-25(12-16-6-4-3-5-7-16)13-18(15)24(2)20-17-8-10-21-19(17)22-14-23-20/h2*3-8,10,14-15,18H,9,11-13H2,1-2H3,(H,21,22,23)/t15-,18+;/m1./s1. The summed E-state index contributed by atoms with van der Waals surface area (Å²) in [7, 11) is 4.34. The van der Waals surface area contributed by atoms with Gasteiger partial charge in [0, 0.05) is 64.8 Å². The zero-order valence-electron chi connectivity index (χ0n) is 29.8. The van der Waals surface area contributed by atoms with E-state index < -0.39 is 0 Å². The van der Waals surface area contributed by atoms with Gasteiger partial charge in [-0.1, -0.05) is 74.5 Å². The maximum Gasteiger partial charge on any atom is 0.142 e. The average Bonchev–Trinajstić information content (AvgIpc) is 3.84. The molecule has 0 aliphatic carbocycles. The van der Waals surface area contributed by atoms with Crippen molar-refractivity contribution in [3.8, 4) is 0 Å². The van der Waals surface area contributed by atoms with Gasteiger partial charge in [0.1, 0.15) is 35.6 Å². The van der Waals surface area contributed by atoms with Gasteiger partial charge in [-0.05, 0) is 61.0 Å². The van der Waals surface area contributed by atoms with Crippen molar-refractivity contribution in [3.63, 3.8) is 0 Å². The molecule has 10 nitrogen and oxygen atoms in total. The van der Waals surface area contributed by atoms with E-state index in [9.17, 15) is 0 Å². The maximum absolute atomic E-state index is 4.57. The Morgan fingerprint density at radius 1 is 0.600 bits per heavy atom. The molecular formula is C40H50N10. The van der Waals surface area contributed by atoms with Gasteiger partial charge in [-0.3, -0.25) is 9.80 Å². The molecule has 0 spiro atoms. The maximum atomic E-state index is 4.57. The van der Waals surface area contributed by atoms with Gasteiger partial charge in [-0.25, -0.2) is 19.9 Å². The Kier molecular flexibility index (Phi) is 10.4. The van der Waals surface area contributed by atoms with E-state index in [0.29, 0.717) is 23.9 Å². The molecule has 2 N–H and O–H groups in total. The second-order valence-corrected chi connectivity index (χ2v) is 14.2. The van der Waals surface area contributed by atoms with Crippen LogP contribution in [0.2, 0.25) is 0 Å². The fraction of sp³-hybridized carbons (Fsp3) is 0.400. The van der Waals surface area contributed by atoms with Crippen LogP contribution in [0.1, 0.15) is 37.8 Å². The Morgan fingerprint density at radius 3 is 1.44 bits per heavy atom. The quantitative estimate of drug-likeness (QED) is 0.187. The molecule has 2 aliphatic rings. The number of fused-ring (bicyclic) bond motifs is 2. The molecular weight excluding hydrogens is 621 g/mol. The summed E-state index contributed by atoms with van der Waals surface area (Å²) in [4.78, 5) is 34.0. The molecule has 50 heavy (non-hydrogen) atoms. The highest BCUT2D eigenvalue weighted by molar-refractivity contribution is 5.88. The number of benzene rings is 2. The van der Waals surface area contributed by atoms with Crippen molar-refractivity contribution in [2.45, 2.75) is 51.9 Å². The van der Waals surface area contributed by atoms with Crippen LogP contribution in [0.5, 0.6) is 0 Å². The first-order valence-corrected chi connectivity index (χ1v) is 18.0. The topological polar surface area (TPSA) is 96.1 Å².